The summed E-state index contributed by atoms with van der Waals surface area (Å²) in [7, 11) is 1.57. The van der Waals surface area contributed by atoms with Crippen LogP contribution in [-0.2, 0) is 7.05 Å². The predicted molar refractivity (Wildman–Crippen MR) is 87.3 cm³/mol. The van der Waals surface area contributed by atoms with Crippen molar-refractivity contribution in [3.63, 3.8) is 0 Å². The number of aromatic nitrogens is 2. The molecule has 0 N–H and O–H groups in total. The van der Waals surface area contributed by atoms with Crippen LogP contribution < -0.4 is 5.56 Å². The third-order valence-electron chi connectivity index (χ3n) is 4.49. The number of nitrogens with zero attached hydrogens (tertiary/aromatic N) is 4. The van der Waals surface area contributed by atoms with Crippen LogP contribution in [0.25, 0.3) is 0 Å². The second kappa shape index (κ2) is 6.83. The molecule has 7 heteroatoms. The third kappa shape index (κ3) is 3.35. The summed E-state index contributed by atoms with van der Waals surface area (Å²) < 4.78 is 1.21. The maximum Gasteiger partial charge on any atom is 0.274 e. The van der Waals surface area contributed by atoms with Crippen molar-refractivity contribution in [2.45, 2.75) is 18.9 Å². The molecule has 0 saturated carbocycles. The average molecular weight is 322 g/mol. The van der Waals surface area contributed by atoms with Crippen LogP contribution in [0.2, 0.25) is 0 Å². The van der Waals surface area contributed by atoms with Gasteiger partial charge in [0.25, 0.3) is 11.5 Å². The molecular formula is C15H22N4O2S. The van der Waals surface area contributed by atoms with Crippen LogP contribution in [-0.4, -0.2) is 69.2 Å². The highest BCUT2D eigenvalue weighted by Gasteiger charge is 2.28. The molecule has 22 heavy (non-hydrogen) atoms. The van der Waals surface area contributed by atoms with E-state index in [9.17, 15) is 9.59 Å². The Kier molecular flexibility index (Phi) is 4.83. The Hall–Kier alpha value is -1.34. The molecule has 120 valence electrons. The molecule has 2 aliphatic heterocycles. The maximum atomic E-state index is 12.5. The molecule has 0 bridgehead atoms. The average Bonchev–Trinajstić information content (AvgIpc) is 2.58. The molecule has 0 spiro atoms. The van der Waals surface area contributed by atoms with Gasteiger partial charge < -0.3 is 4.90 Å². The van der Waals surface area contributed by atoms with E-state index in [2.05, 4.69) is 10.00 Å². The summed E-state index contributed by atoms with van der Waals surface area (Å²) in [6, 6.07) is 3.61. The fraction of sp³-hybridized carbons (Fsp3) is 0.667. The Bertz CT molecular complexity index is 589. The normalized spacial score (nSPS) is 21.0. The minimum atomic E-state index is -0.198. The van der Waals surface area contributed by atoms with Crippen LogP contribution in [0.1, 0.15) is 23.3 Å². The maximum absolute atomic E-state index is 12.5. The molecule has 2 aliphatic rings. The Morgan fingerprint density at radius 2 is 1.86 bits per heavy atom. The van der Waals surface area contributed by atoms with Crippen LogP contribution in [0.5, 0.6) is 0 Å². The molecule has 3 heterocycles. The summed E-state index contributed by atoms with van der Waals surface area (Å²) >= 11 is 2.04. The fourth-order valence-electron chi connectivity index (χ4n) is 3.12. The van der Waals surface area contributed by atoms with Gasteiger partial charge in [0, 0.05) is 45.3 Å². The van der Waals surface area contributed by atoms with Gasteiger partial charge >= 0.3 is 0 Å². The van der Waals surface area contributed by atoms with E-state index in [1.807, 2.05) is 16.7 Å². The van der Waals surface area contributed by atoms with E-state index in [0.717, 1.165) is 26.2 Å². The smallest absolute Gasteiger partial charge is 0.274 e. The molecule has 0 radical (unpaired) electrons. The summed E-state index contributed by atoms with van der Waals surface area (Å²) in [4.78, 5) is 28.2. The standard InChI is InChI=1S/C15H22N4O2S/c1-17-14(20)3-2-13(16-17)15(21)19-8-6-18(7-9-19)12-4-10-22-11-5-12/h2-3,12H,4-11H2,1H3. The van der Waals surface area contributed by atoms with E-state index in [0.29, 0.717) is 11.7 Å². The highest BCUT2D eigenvalue weighted by molar-refractivity contribution is 7.99. The van der Waals surface area contributed by atoms with E-state index in [4.69, 9.17) is 0 Å². The largest absolute Gasteiger partial charge is 0.335 e. The van der Waals surface area contributed by atoms with Crippen molar-refractivity contribution in [2.24, 2.45) is 7.05 Å². The SMILES string of the molecule is Cn1nc(C(=O)N2CCN(C3CCSCC3)CC2)ccc1=O. The highest BCUT2D eigenvalue weighted by Crippen LogP contribution is 2.22. The zero-order valence-corrected chi connectivity index (χ0v) is 13.7. The van der Waals surface area contributed by atoms with Gasteiger partial charge in [0.1, 0.15) is 5.69 Å². The first-order valence-electron chi connectivity index (χ1n) is 7.80. The fourth-order valence-corrected chi connectivity index (χ4v) is 4.20. The van der Waals surface area contributed by atoms with E-state index >= 15 is 0 Å². The number of carbonyl (C=O) groups excluding carboxylic acids is 1. The van der Waals surface area contributed by atoms with Gasteiger partial charge in [-0.3, -0.25) is 14.5 Å². The second-order valence-corrected chi connectivity index (χ2v) is 7.08. The minimum absolute atomic E-state index is 0.0746. The molecule has 2 saturated heterocycles. The van der Waals surface area contributed by atoms with Crippen LogP contribution in [0.4, 0.5) is 0 Å². The first-order chi connectivity index (χ1) is 10.6. The van der Waals surface area contributed by atoms with Crippen molar-refractivity contribution in [1.82, 2.24) is 19.6 Å². The molecule has 2 fully saturated rings. The van der Waals surface area contributed by atoms with E-state index in [1.165, 1.54) is 41.2 Å². The van der Waals surface area contributed by atoms with Crippen LogP contribution in [0.3, 0.4) is 0 Å². The van der Waals surface area contributed by atoms with Gasteiger partial charge in [-0.1, -0.05) is 0 Å². The second-order valence-electron chi connectivity index (χ2n) is 5.85. The van der Waals surface area contributed by atoms with Crippen LogP contribution in [0, 0.1) is 0 Å². The minimum Gasteiger partial charge on any atom is -0.335 e. The Balaban J connectivity index is 1.59. The monoisotopic (exact) mass is 322 g/mol. The number of hydrogen-bond acceptors (Lipinski definition) is 5. The Morgan fingerprint density at radius 1 is 1.18 bits per heavy atom. The predicted octanol–water partition coefficient (Wildman–Crippen LogP) is 0.434. The molecule has 1 aromatic rings. The number of carbonyl (C=O) groups is 1. The molecule has 3 rings (SSSR count). The molecule has 0 aliphatic carbocycles. The van der Waals surface area contributed by atoms with E-state index < -0.39 is 0 Å². The van der Waals surface area contributed by atoms with Crippen molar-refractivity contribution in [1.29, 1.82) is 0 Å². The summed E-state index contributed by atoms with van der Waals surface area (Å²) in [5, 5.41) is 4.05. The molecule has 0 aromatic carbocycles. The number of aryl methyl sites for hydroxylation is 1. The van der Waals surface area contributed by atoms with E-state index in [-0.39, 0.29) is 11.5 Å². The zero-order valence-electron chi connectivity index (χ0n) is 12.9. The summed E-state index contributed by atoms with van der Waals surface area (Å²) in [5.74, 6) is 2.44. The summed E-state index contributed by atoms with van der Waals surface area (Å²) in [6.45, 7) is 3.36. The number of piperazine rings is 1. The number of rotatable bonds is 2. The lowest BCUT2D eigenvalue weighted by atomic mass is 10.1. The van der Waals surface area contributed by atoms with E-state index in [1.54, 1.807) is 7.05 Å². The van der Waals surface area contributed by atoms with Crippen molar-refractivity contribution in [2.75, 3.05) is 37.7 Å². The summed E-state index contributed by atoms with van der Waals surface area (Å²) in [5.41, 5.74) is 0.154. The van der Waals surface area contributed by atoms with Gasteiger partial charge in [-0.25, -0.2) is 4.68 Å². The van der Waals surface area contributed by atoms with Gasteiger partial charge in [0.15, 0.2) is 0 Å². The first kappa shape index (κ1) is 15.6. The lowest BCUT2D eigenvalue weighted by molar-refractivity contribution is 0.0551. The number of hydrogen-bond donors (Lipinski definition) is 0. The number of thioether (sulfide) groups is 1. The van der Waals surface area contributed by atoms with Crippen molar-refractivity contribution in [3.8, 4) is 0 Å². The molecule has 1 aromatic heterocycles. The zero-order chi connectivity index (χ0) is 15.5. The van der Waals surface area contributed by atoms with Gasteiger partial charge in [0.2, 0.25) is 0 Å². The van der Waals surface area contributed by atoms with Gasteiger partial charge in [-0.2, -0.15) is 16.9 Å². The van der Waals surface area contributed by atoms with Crippen molar-refractivity contribution in [3.05, 3.63) is 28.2 Å². The van der Waals surface area contributed by atoms with Gasteiger partial charge in [-0.05, 0) is 30.4 Å². The number of amides is 1. The quantitative estimate of drug-likeness (QED) is 0.790. The first-order valence-corrected chi connectivity index (χ1v) is 8.96. The van der Waals surface area contributed by atoms with Crippen LogP contribution >= 0.6 is 11.8 Å². The van der Waals surface area contributed by atoms with Gasteiger partial charge in [0.05, 0.1) is 0 Å². The highest BCUT2D eigenvalue weighted by atomic mass is 32.2. The topological polar surface area (TPSA) is 58.4 Å². The summed E-state index contributed by atoms with van der Waals surface area (Å²) in [6.07, 6.45) is 2.53. The van der Waals surface area contributed by atoms with Gasteiger partial charge in [-0.15, -0.1) is 0 Å². The molecule has 0 unspecified atom stereocenters. The third-order valence-corrected chi connectivity index (χ3v) is 5.54. The van der Waals surface area contributed by atoms with Crippen molar-refractivity contribution < 1.29 is 4.79 Å². The molecular weight excluding hydrogens is 300 g/mol. The van der Waals surface area contributed by atoms with Crippen molar-refractivity contribution >= 4 is 17.7 Å². The molecule has 6 nitrogen and oxygen atoms in total. The lowest BCUT2D eigenvalue weighted by Crippen LogP contribution is -2.52. The lowest BCUT2D eigenvalue weighted by Gasteiger charge is -2.40. The van der Waals surface area contributed by atoms with Crippen LogP contribution in [0.15, 0.2) is 16.9 Å². The molecule has 1 amide bonds. The molecule has 0 atom stereocenters. The Labute approximate surface area is 134 Å². The Morgan fingerprint density at radius 3 is 2.50 bits per heavy atom.